The number of rotatable bonds is 5. The van der Waals surface area contributed by atoms with Gasteiger partial charge in [0.1, 0.15) is 6.61 Å². The van der Waals surface area contributed by atoms with Crippen LogP contribution in [0.4, 0.5) is 4.39 Å². The van der Waals surface area contributed by atoms with Crippen LogP contribution in [0.3, 0.4) is 0 Å². The maximum Gasteiger partial charge on any atom is 0.165 e. The van der Waals surface area contributed by atoms with Crippen molar-refractivity contribution in [2.75, 3.05) is 20.7 Å². The van der Waals surface area contributed by atoms with Crippen LogP contribution < -0.4 is 10.5 Å². The van der Waals surface area contributed by atoms with Crippen LogP contribution in [0.15, 0.2) is 18.2 Å². The summed E-state index contributed by atoms with van der Waals surface area (Å²) in [4.78, 5) is 2.04. The maximum atomic E-state index is 13.8. The van der Waals surface area contributed by atoms with E-state index in [0.717, 1.165) is 0 Å². The van der Waals surface area contributed by atoms with Gasteiger partial charge in [-0.1, -0.05) is 12.1 Å². The second-order valence-corrected chi connectivity index (χ2v) is 5.44. The van der Waals surface area contributed by atoms with E-state index in [1.54, 1.807) is 12.1 Å². The topological polar surface area (TPSA) is 38.5 Å². The molecule has 0 radical (unpaired) electrons. The molecule has 1 aromatic rings. The van der Waals surface area contributed by atoms with E-state index in [9.17, 15) is 4.39 Å². The quantitative estimate of drug-likeness (QED) is 0.877. The lowest BCUT2D eigenvalue weighted by Gasteiger charge is -2.32. The number of benzene rings is 1. The lowest BCUT2D eigenvalue weighted by molar-refractivity contribution is 0.110. The van der Waals surface area contributed by atoms with Gasteiger partial charge in [0.15, 0.2) is 11.6 Å². The fourth-order valence-electron chi connectivity index (χ4n) is 1.41. The van der Waals surface area contributed by atoms with Gasteiger partial charge in [-0.15, -0.1) is 0 Å². The van der Waals surface area contributed by atoms with Gasteiger partial charge in [0.25, 0.3) is 0 Å². The fraction of sp³-hybridized carbons (Fsp3) is 0.571. The minimum atomic E-state index is -0.362. The van der Waals surface area contributed by atoms with E-state index in [1.165, 1.54) is 6.07 Å². The SMILES string of the molecule is CC(N)c1cccc(F)c1OCC(C)(C)N(C)C. The molecular weight excluding hydrogens is 231 g/mol. The Morgan fingerprint density at radius 1 is 1.39 bits per heavy atom. The van der Waals surface area contributed by atoms with Crippen LogP contribution in [0.5, 0.6) is 5.75 Å². The standard InChI is InChI=1S/C14H23FN2O/c1-10(16)11-7-6-8-12(15)13(11)18-9-14(2,3)17(4)5/h6-8,10H,9,16H2,1-5H3. The summed E-state index contributed by atoms with van der Waals surface area (Å²) in [6.07, 6.45) is 0. The molecule has 102 valence electrons. The normalized spacial score (nSPS) is 13.8. The third kappa shape index (κ3) is 3.43. The molecule has 0 aliphatic rings. The van der Waals surface area contributed by atoms with Crippen molar-refractivity contribution >= 4 is 0 Å². The summed E-state index contributed by atoms with van der Waals surface area (Å²) in [6.45, 7) is 6.30. The van der Waals surface area contributed by atoms with Gasteiger partial charge in [-0.3, -0.25) is 0 Å². The largest absolute Gasteiger partial charge is 0.488 e. The van der Waals surface area contributed by atoms with E-state index in [2.05, 4.69) is 0 Å². The van der Waals surface area contributed by atoms with Crippen molar-refractivity contribution < 1.29 is 9.13 Å². The first kappa shape index (κ1) is 14.9. The van der Waals surface area contributed by atoms with Gasteiger partial charge in [-0.05, 0) is 40.9 Å². The van der Waals surface area contributed by atoms with E-state index in [-0.39, 0.29) is 23.1 Å². The van der Waals surface area contributed by atoms with Gasteiger partial charge in [0, 0.05) is 17.1 Å². The highest BCUT2D eigenvalue weighted by Crippen LogP contribution is 2.28. The maximum absolute atomic E-state index is 13.8. The van der Waals surface area contributed by atoms with Crippen molar-refractivity contribution in [1.82, 2.24) is 4.90 Å². The molecule has 0 amide bonds. The van der Waals surface area contributed by atoms with Crippen LogP contribution >= 0.6 is 0 Å². The molecule has 0 saturated heterocycles. The molecule has 0 heterocycles. The predicted molar refractivity (Wildman–Crippen MR) is 72.3 cm³/mol. The first-order valence-electron chi connectivity index (χ1n) is 6.10. The summed E-state index contributed by atoms with van der Waals surface area (Å²) >= 11 is 0. The highest BCUT2D eigenvalue weighted by atomic mass is 19.1. The number of likely N-dealkylation sites (N-methyl/N-ethyl adjacent to an activating group) is 1. The van der Waals surface area contributed by atoms with Crippen molar-refractivity contribution in [2.24, 2.45) is 5.73 Å². The third-order valence-corrected chi connectivity index (χ3v) is 3.27. The Morgan fingerprint density at radius 3 is 2.50 bits per heavy atom. The third-order valence-electron chi connectivity index (χ3n) is 3.27. The zero-order valence-electron chi connectivity index (χ0n) is 11.8. The highest BCUT2D eigenvalue weighted by Gasteiger charge is 2.23. The van der Waals surface area contributed by atoms with Gasteiger partial charge in [-0.2, -0.15) is 0 Å². The minimum absolute atomic E-state index is 0.169. The molecule has 0 spiro atoms. The van der Waals surface area contributed by atoms with E-state index < -0.39 is 0 Å². The Bertz CT molecular complexity index is 403. The number of hydrogen-bond donors (Lipinski definition) is 1. The second-order valence-electron chi connectivity index (χ2n) is 5.44. The Hall–Kier alpha value is -1.13. The Labute approximate surface area is 109 Å². The Morgan fingerprint density at radius 2 is 2.00 bits per heavy atom. The van der Waals surface area contributed by atoms with Crippen molar-refractivity contribution in [3.8, 4) is 5.75 Å². The molecule has 1 aromatic carbocycles. The fourth-order valence-corrected chi connectivity index (χ4v) is 1.41. The molecule has 1 atom stereocenters. The van der Waals surface area contributed by atoms with Crippen LogP contribution in [-0.4, -0.2) is 31.1 Å². The monoisotopic (exact) mass is 254 g/mol. The number of halogens is 1. The first-order chi connectivity index (χ1) is 8.25. The smallest absolute Gasteiger partial charge is 0.165 e. The van der Waals surface area contributed by atoms with E-state index in [0.29, 0.717) is 12.2 Å². The van der Waals surface area contributed by atoms with Gasteiger partial charge >= 0.3 is 0 Å². The molecule has 0 aliphatic heterocycles. The summed E-state index contributed by atoms with van der Waals surface area (Å²) in [6, 6.07) is 4.59. The second kappa shape index (κ2) is 5.67. The van der Waals surface area contributed by atoms with Crippen molar-refractivity contribution in [1.29, 1.82) is 0 Å². The van der Waals surface area contributed by atoms with Crippen LogP contribution in [0, 0.1) is 5.82 Å². The summed E-state index contributed by atoms with van der Waals surface area (Å²) in [5.41, 5.74) is 6.35. The van der Waals surface area contributed by atoms with Crippen LogP contribution in [0.1, 0.15) is 32.4 Å². The van der Waals surface area contributed by atoms with Crippen molar-refractivity contribution in [3.63, 3.8) is 0 Å². The molecule has 0 aromatic heterocycles. The van der Waals surface area contributed by atoms with Crippen molar-refractivity contribution in [2.45, 2.75) is 32.4 Å². The molecule has 1 rings (SSSR count). The number of nitrogens with two attached hydrogens (primary N) is 1. The molecule has 4 heteroatoms. The van der Waals surface area contributed by atoms with Crippen LogP contribution in [0.2, 0.25) is 0 Å². The van der Waals surface area contributed by atoms with E-state index in [1.807, 2.05) is 39.8 Å². The van der Waals surface area contributed by atoms with Crippen LogP contribution in [-0.2, 0) is 0 Å². The summed E-state index contributed by atoms with van der Waals surface area (Å²) in [5.74, 6) is -0.0956. The Balaban J connectivity index is 2.91. The lowest BCUT2D eigenvalue weighted by atomic mass is 10.1. The molecule has 18 heavy (non-hydrogen) atoms. The Kier molecular flexibility index (Phi) is 4.71. The molecule has 0 bridgehead atoms. The van der Waals surface area contributed by atoms with E-state index >= 15 is 0 Å². The first-order valence-corrected chi connectivity index (χ1v) is 6.10. The number of para-hydroxylation sites is 1. The van der Waals surface area contributed by atoms with E-state index in [4.69, 9.17) is 10.5 Å². The minimum Gasteiger partial charge on any atom is -0.488 e. The molecular formula is C14H23FN2O. The molecule has 0 fully saturated rings. The zero-order valence-corrected chi connectivity index (χ0v) is 11.8. The van der Waals surface area contributed by atoms with Crippen molar-refractivity contribution in [3.05, 3.63) is 29.6 Å². The highest BCUT2D eigenvalue weighted by molar-refractivity contribution is 5.37. The summed E-state index contributed by atoms with van der Waals surface area (Å²) in [5, 5.41) is 0. The molecule has 0 aliphatic carbocycles. The lowest BCUT2D eigenvalue weighted by Crippen LogP contribution is -2.43. The summed E-state index contributed by atoms with van der Waals surface area (Å²) in [7, 11) is 3.94. The van der Waals surface area contributed by atoms with Gasteiger partial charge in [0.2, 0.25) is 0 Å². The van der Waals surface area contributed by atoms with Gasteiger partial charge in [-0.25, -0.2) is 4.39 Å². The molecule has 0 saturated carbocycles. The number of ether oxygens (including phenoxy) is 1. The zero-order chi connectivity index (χ0) is 13.9. The van der Waals surface area contributed by atoms with Gasteiger partial charge < -0.3 is 15.4 Å². The van der Waals surface area contributed by atoms with Crippen LogP contribution in [0.25, 0.3) is 0 Å². The number of hydrogen-bond acceptors (Lipinski definition) is 3. The number of nitrogens with zero attached hydrogens (tertiary/aromatic N) is 1. The average Bonchev–Trinajstić information content (AvgIpc) is 2.26. The average molecular weight is 254 g/mol. The molecule has 1 unspecified atom stereocenters. The summed E-state index contributed by atoms with van der Waals surface area (Å²) < 4.78 is 19.5. The van der Waals surface area contributed by atoms with Gasteiger partial charge in [0.05, 0.1) is 0 Å². The molecule has 3 nitrogen and oxygen atoms in total. The predicted octanol–water partition coefficient (Wildman–Crippen LogP) is 2.56. The molecule has 2 N–H and O–H groups in total.